The number of anilines is 1. The Morgan fingerprint density at radius 3 is 2.31 bits per heavy atom. The van der Waals surface area contributed by atoms with Gasteiger partial charge in [0.1, 0.15) is 24.2 Å². The summed E-state index contributed by atoms with van der Waals surface area (Å²) in [5.41, 5.74) is 6.00. The van der Waals surface area contributed by atoms with Crippen molar-refractivity contribution in [1.82, 2.24) is 30.4 Å². The van der Waals surface area contributed by atoms with Crippen LogP contribution in [0.25, 0.3) is 0 Å². The van der Waals surface area contributed by atoms with Gasteiger partial charge in [0, 0.05) is 13.2 Å². The molecule has 0 bridgehead atoms. The summed E-state index contributed by atoms with van der Waals surface area (Å²) in [6.45, 7) is 1.78. The summed E-state index contributed by atoms with van der Waals surface area (Å²) < 4.78 is 55.9. The number of aldehydes is 1. The van der Waals surface area contributed by atoms with Crippen molar-refractivity contribution in [3.8, 4) is 0 Å². The van der Waals surface area contributed by atoms with E-state index >= 15 is 0 Å². The van der Waals surface area contributed by atoms with E-state index in [1.165, 1.54) is 45.9 Å². The molecular weight excluding hydrogens is 526 g/mol. The highest BCUT2D eigenvalue weighted by atomic mass is 19.4. The Morgan fingerprint density at radius 1 is 1.28 bits per heavy atom. The number of halogens is 4. The van der Waals surface area contributed by atoms with E-state index in [4.69, 9.17) is 11.6 Å². The lowest BCUT2D eigenvalue weighted by molar-refractivity contribution is -0.143. The van der Waals surface area contributed by atoms with Crippen molar-refractivity contribution in [3.05, 3.63) is 35.4 Å². The standard InChI is InChI=1S/C13H17N3O3.C10H16F4N6/c1-7-12(16-19-15-7)13(18)14-10(6-17)11(8-2-3-8)9-4-5-9;1-6(20-4-7(17-2)9(11)18-20)8(3-15)19(16)5-10(12,13)14/h6,8-11H,2-5H2,1H3,(H,14,18);3-4,6,17H,5,15-16H2,1-2H3/b;8-3-. The zero-order valence-corrected chi connectivity index (χ0v) is 21.8. The molecule has 39 heavy (non-hydrogen) atoms. The van der Waals surface area contributed by atoms with Crippen LogP contribution in [0.2, 0.25) is 0 Å². The van der Waals surface area contributed by atoms with Gasteiger partial charge in [-0.15, -0.1) is 5.10 Å². The molecule has 0 aliphatic heterocycles. The van der Waals surface area contributed by atoms with Crippen molar-refractivity contribution in [2.24, 2.45) is 29.3 Å². The number of nitrogens with one attached hydrogen (secondary N) is 2. The van der Waals surface area contributed by atoms with E-state index in [-0.39, 0.29) is 23.0 Å². The summed E-state index contributed by atoms with van der Waals surface area (Å²) >= 11 is 0. The number of hydrogen-bond acceptors (Lipinski definition) is 10. The molecule has 2 fully saturated rings. The van der Waals surface area contributed by atoms with Crippen molar-refractivity contribution in [2.75, 3.05) is 18.9 Å². The lowest BCUT2D eigenvalue weighted by Gasteiger charge is -2.27. The number of amides is 1. The quantitative estimate of drug-likeness (QED) is 0.139. The number of allylic oxidation sites excluding steroid dienone is 1. The van der Waals surface area contributed by atoms with Crippen LogP contribution in [0.1, 0.15) is 54.8 Å². The molecule has 2 aromatic rings. The molecule has 2 aromatic heterocycles. The zero-order valence-electron chi connectivity index (χ0n) is 21.8. The molecule has 2 saturated carbocycles. The highest BCUT2D eigenvalue weighted by Crippen LogP contribution is 2.50. The summed E-state index contributed by atoms with van der Waals surface area (Å²) in [4.78, 5) is 23.4. The van der Waals surface area contributed by atoms with Crippen molar-refractivity contribution in [2.45, 2.75) is 57.8 Å². The number of hydrogen-bond donors (Lipinski definition) is 4. The van der Waals surface area contributed by atoms with Gasteiger partial charge in [-0.05, 0) is 62.4 Å². The van der Waals surface area contributed by atoms with Crippen molar-refractivity contribution in [3.63, 3.8) is 0 Å². The highest BCUT2D eigenvalue weighted by Gasteiger charge is 2.46. The van der Waals surface area contributed by atoms with Crippen LogP contribution in [0, 0.1) is 30.6 Å². The molecule has 0 radical (unpaired) electrons. The van der Waals surface area contributed by atoms with Gasteiger partial charge in [-0.2, -0.15) is 17.6 Å². The second kappa shape index (κ2) is 12.4. The molecule has 2 heterocycles. The fraction of sp³-hybridized carbons (Fsp3) is 0.609. The van der Waals surface area contributed by atoms with Crippen LogP contribution in [0.5, 0.6) is 0 Å². The zero-order chi connectivity index (χ0) is 28.9. The van der Waals surface area contributed by atoms with E-state index < -0.39 is 30.8 Å². The van der Waals surface area contributed by atoms with Crippen molar-refractivity contribution < 1.29 is 31.8 Å². The van der Waals surface area contributed by atoms with Crippen LogP contribution in [0.4, 0.5) is 23.2 Å². The molecule has 2 aliphatic carbocycles. The van der Waals surface area contributed by atoms with Gasteiger partial charge in [-0.25, -0.2) is 10.5 Å². The van der Waals surface area contributed by atoms with E-state index in [9.17, 15) is 27.2 Å². The van der Waals surface area contributed by atoms with Crippen molar-refractivity contribution >= 4 is 17.9 Å². The molecule has 0 aromatic carbocycles. The maximum atomic E-state index is 13.3. The number of carbonyl (C=O) groups excluding carboxylic acids is 2. The summed E-state index contributed by atoms with van der Waals surface area (Å²) in [5, 5.41) is 16.5. The van der Waals surface area contributed by atoms with Crippen LogP contribution in [0.3, 0.4) is 0 Å². The van der Waals surface area contributed by atoms with Gasteiger partial charge in [-0.3, -0.25) is 9.48 Å². The van der Waals surface area contributed by atoms with Crippen molar-refractivity contribution in [1.29, 1.82) is 0 Å². The monoisotopic (exact) mass is 559 g/mol. The minimum Gasteiger partial charge on any atom is -0.403 e. The number of hydrazine groups is 1. The summed E-state index contributed by atoms with van der Waals surface area (Å²) in [7, 11) is 1.49. The number of nitrogens with two attached hydrogens (primary N) is 2. The molecule has 12 nitrogen and oxygen atoms in total. The van der Waals surface area contributed by atoms with Gasteiger partial charge >= 0.3 is 6.18 Å². The molecule has 0 spiro atoms. The Morgan fingerprint density at radius 2 is 1.90 bits per heavy atom. The fourth-order valence-electron chi connectivity index (χ4n) is 4.44. The smallest absolute Gasteiger partial charge is 0.403 e. The first-order valence-electron chi connectivity index (χ1n) is 12.4. The molecule has 2 atom stereocenters. The summed E-state index contributed by atoms with van der Waals surface area (Å²) in [5.74, 6) is 5.69. The van der Waals surface area contributed by atoms with Crippen LogP contribution < -0.4 is 22.2 Å². The lowest BCUT2D eigenvalue weighted by Crippen LogP contribution is -2.43. The van der Waals surface area contributed by atoms with Crippen LogP contribution in [0.15, 0.2) is 22.7 Å². The number of rotatable bonds is 11. The molecule has 2 unspecified atom stereocenters. The third kappa shape index (κ3) is 7.91. The molecule has 216 valence electrons. The fourth-order valence-corrected chi connectivity index (χ4v) is 4.44. The normalized spacial score (nSPS) is 17.2. The number of carbonyl (C=O) groups is 2. The first-order valence-corrected chi connectivity index (χ1v) is 12.4. The third-order valence-electron chi connectivity index (χ3n) is 6.69. The Balaban J connectivity index is 0.000000216. The van der Waals surface area contributed by atoms with Crippen LogP contribution >= 0.6 is 0 Å². The van der Waals surface area contributed by atoms with Gasteiger partial charge in [0.25, 0.3) is 11.9 Å². The first kappa shape index (κ1) is 29.9. The average Bonchev–Trinajstić information content (AvgIpc) is 3.80. The molecule has 6 N–H and O–H groups in total. The number of aromatic nitrogens is 4. The summed E-state index contributed by atoms with van der Waals surface area (Å²) in [6, 6.07) is -1.17. The highest BCUT2D eigenvalue weighted by molar-refractivity contribution is 5.94. The Bertz CT molecular complexity index is 1150. The Labute approximate surface area is 222 Å². The molecule has 1 amide bonds. The molecule has 0 saturated heterocycles. The van der Waals surface area contributed by atoms with Gasteiger partial charge in [-0.1, -0.05) is 5.16 Å². The summed E-state index contributed by atoms with van der Waals surface area (Å²) in [6.07, 6.45) is 3.33. The van der Waals surface area contributed by atoms with Gasteiger partial charge in [0.2, 0.25) is 0 Å². The minimum absolute atomic E-state index is 0.0347. The van der Waals surface area contributed by atoms with E-state index in [1.54, 1.807) is 6.92 Å². The van der Waals surface area contributed by atoms with E-state index in [2.05, 4.69) is 30.7 Å². The van der Waals surface area contributed by atoms with Crippen LogP contribution in [-0.4, -0.2) is 63.1 Å². The first-order chi connectivity index (χ1) is 18.4. The maximum absolute atomic E-state index is 13.3. The van der Waals surface area contributed by atoms with E-state index in [1.807, 2.05) is 0 Å². The topological polar surface area (TPSA) is 170 Å². The van der Waals surface area contributed by atoms with Crippen LogP contribution in [-0.2, 0) is 4.79 Å². The molecular formula is C23H33F4N9O3. The Hall–Kier alpha value is -3.69. The predicted octanol–water partition coefficient (Wildman–Crippen LogP) is 2.27. The molecule has 2 aliphatic rings. The van der Waals surface area contributed by atoms with E-state index in [0.717, 1.165) is 17.2 Å². The van der Waals surface area contributed by atoms with E-state index in [0.29, 0.717) is 28.5 Å². The average molecular weight is 560 g/mol. The number of alkyl halides is 3. The SMILES string of the molecule is CNc1cn(C(C)/C(=C/N)N(N)CC(F)(F)F)nc1F.Cc1nonc1C(=O)NC(C=O)C(C1CC1)C1CC1. The van der Waals surface area contributed by atoms with Gasteiger partial charge < -0.3 is 26.2 Å². The van der Waals surface area contributed by atoms with Gasteiger partial charge in [0.15, 0.2) is 5.69 Å². The minimum atomic E-state index is -4.48. The number of aryl methyl sites for hydroxylation is 1. The molecule has 4 rings (SSSR count). The Kier molecular flexibility index (Phi) is 9.53. The number of nitrogens with zero attached hydrogens (tertiary/aromatic N) is 5. The maximum Gasteiger partial charge on any atom is 0.407 e. The molecule has 16 heteroatoms. The predicted molar refractivity (Wildman–Crippen MR) is 131 cm³/mol. The second-order valence-corrected chi connectivity index (χ2v) is 9.66. The lowest BCUT2D eigenvalue weighted by atomic mass is 9.90. The second-order valence-electron chi connectivity index (χ2n) is 9.66. The van der Waals surface area contributed by atoms with Gasteiger partial charge in [0.05, 0.1) is 24.0 Å². The largest absolute Gasteiger partial charge is 0.407 e. The third-order valence-corrected chi connectivity index (χ3v) is 6.69.